The Kier molecular flexibility index (Phi) is 4.50. The Morgan fingerprint density at radius 3 is 2.74 bits per heavy atom. The molecule has 2 aromatic rings. The summed E-state index contributed by atoms with van der Waals surface area (Å²) in [6, 6.07) is 5.86. The Hall–Kier alpha value is -1.03. The van der Waals surface area contributed by atoms with E-state index in [-0.39, 0.29) is 6.04 Å². The number of benzene rings is 1. The Balaban J connectivity index is 2.56. The normalized spacial score (nSPS) is 12.7. The number of aromatic nitrogens is 2. The van der Waals surface area contributed by atoms with E-state index in [2.05, 4.69) is 17.3 Å². The van der Waals surface area contributed by atoms with Crippen LogP contribution in [0.4, 0.5) is 0 Å². The van der Waals surface area contributed by atoms with Crippen molar-refractivity contribution in [2.45, 2.75) is 26.4 Å². The highest BCUT2D eigenvalue weighted by Gasteiger charge is 2.21. The van der Waals surface area contributed by atoms with Crippen molar-refractivity contribution < 1.29 is 0 Å². The van der Waals surface area contributed by atoms with Crippen molar-refractivity contribution in [1.82, 2.24) is 15.1 Å². The zero-order valence-corrected chi connectivity index (χ0v) is 12.8. The third-order valence-corrected chi connectivity index (χ3v) is 3.77. The summed E-state index contributed by atoms with van der Waals surface area (Å²) < 4.78 is 1.91. The Morgan fingerprint density at radius 2 is 2.11 bits per heavy atom. The highest BCUT2D eigenvalue weighted by Crippen LogP contribution is 2.31. The van der Waals surface area contributed by atoms with Gasteiger partial charge in [0.2, 0.25) is 0 Å². The fourth-order valence-electron chi connectivity index (χ4n) is 2.27. The average Bonchev–Trinajstić information content (AvgIpc) is 2.76. The number of rotatable bonds is 4. The summed E-state index contributed by atoms with van der Waals surface area (Å²) in [6.07, 6.45) is 1.69. The molecule has 19 heavy (non-hydrogen) atoms. The smallest absolute Gasteiger partial charge is 0.0837 e. The average molecular weight is 298 g/mol. The van der Waals surface area contributed by atoms with Crippen molar-refractivity contribution in [1.29, 1.82) is 0 Å². The number of nitrogens with one attached hydrogen (secondary N) is 1. The third kappa shape index (κ3) is 2.78. The maximum absolute atomic E-state index is 6.28. The van der Waals surface area contributed by atoms with Crippen LogP contribution in [0.3, 0.4) is 0 Å². The zero-order chi connectivity index (χ0) is 14.0. The lowest BCUT2D eigenvalue weighted by molar-refractivity contribution is 0.562. The van der Waals surface area contributed by atoms with Crippen LogP contribution in [0.5, 0.6) is 0 Å². The van der Waals surface area contributed by atoms with E-state index in [4.69, 9.17) is 23.2 Å². The minimum absolute atomic E-state index is 0.0198. The molecule has 0 bridgehead atoms. The number of halogens is 2. The van der Waals surface area contributed by atoms with E-state index in [9.17, 15) is 0 Å². The molecule has 0 saturated carbocycles. The predicted molar refractivity (Wildman–Crippen MR) is 80.0 cm³/mol. The Bertz CT molecular complexity index is 578. The van der Waals surface area contributed by atoms with Gasteiger partial charge in [-0.2, -0.15) is 5.10 Å². The van der Waals surface area contributed by atoms with Gasteiger partial charge in [-0.05, 0) is 44.2 Å². The number of nitrogens with zero attached hydrogens (tertiary/aromatic N) is 2. The molecule has 0 saturated heterocycles. The van der Waals surface area contributed by atoms with Crippen LogP contribution in [0, 0.1) is 6.92 Å². The fourth-order valence-corrected chi connectivity index (χ4v) is 2.70. The zero-order valence-electron chi connectivity index (χ0n) is 11.2. The van der Waals surface area contributed by atoms with Crippen molar-refractivity contribution in [3.63, 3.8) is 0 Å². The minimum atomic E-state index is -0.0198. The van der Waals surface area contributed by atoms with Gasteiger partial charge in [-0.1, -0.05) is 29.3 Å². The second-order valence-corrected chi connectivity index (χ2v) is 5.26. The molecule has 0 spiro atoms. The molecular weight excluding hydrogens is 281 g/mol. The molecule has 5 heteroatoms. The fraction of sp³-hybridized carbons (Fsp3) is 0.357. The van der Waals surface area contributed by atoms with Gasteiger partial charge in [0.25, 0.3) is 0 Å². The van der Waals surface area contributed by atoms with Gasteiger partial charge < -0.3 is 5.32 Å². The lowest BCUT2D eigenvalue weighted by atomic mass is 9.98. The van der Waals surface area contributed by atoms with Gasteiger partial charge in [0, 0.05) is 11.6 Å². The summed E-state index contributed by atoms with van der Waals surface area (Å²) in [5, 5.41) is 8.98. The first-order valence-corrected chi connectivity index (χ1v) is 6.98. The first-order chi connectivity index (χ1) is 9.08. The molecule has 0 radical (unpaired) electrons. The Morgan fingerprint density at radius 1 is 1.37 bits per heavy atom. The molecule has 102 valence electrons. The minimum Gasteiger partial charge on any atom is -0.308 e. The third-order valence-electron chi connectivity index (χ3n) is 3.25. The van der Waals surface area contributed by atoms with Gasteiger partial charge in [-0.3, -0.25) is 4.68 Å². The van der Waals surface area contributed by atoms with E-state index < -0.39 is 0 Å². The molecule has 1 aromatic carbocycles. The van der Waals surface area contributed by atoms with Crippen LogP contribution in [0.25, 0.3) is 0 Å². The second-order valence-electron chi connectivity index (χ2n) is 4.42. The maximum Gasteiger partial charge on any atom is 0.0837 e. The standard InChI is InChI=1S/C14H17Cl2N3/c1-4-19-14(12(16)8-18-19)13(17-3)11-7-10(15)6-5-9(11)2/h5-8,13,17H,4H2,1-3H3. The van der Waals surface area contributed by atoms with E-state index in [1.54, 1.807) is 6.20 Å². The van der Waals surface area contributed by atoms with Crippen LogP contribution in [0.1, 0.15) is 29.8 Å². The molecule has 1 N–H and O–H groups in total. The largest absolute Gasteiger partial charge is 0.308 e. The number of aryl methyl sites for hydroxylation is 2. The molecule has 0 amide bonds. The van der Waals surface area contributed by atoms with Crippen molar-refractivity contribution in [2.75, 3.05) is 7.05 Å². The molecule has 0 fully saturated rings. The predicted octanol–water partition coefficient (Wildman–Crippen LogP) is 3.83. The molecule has 0 aliphatic heterocycles. The van der Waals surface area contributed by atoms with Gasteiger partial charge in [0.1, 0.15) is 0 Å². The van der Waals surface area contributed by atoms with E-state index in [0.29, 0.717) is 5.02 Å². The van der Waals surface area contributed by atoms with Crippen molar-refractivity contribution >= 4 is 23.2 Å². The van der Waals surface area contributed by atoms with Crippen molar-refractivity contribution in [2.24, 2.45) is 0 Å². The maximum atomic E-state index is 6.28. The van der Waals surface area contributed by atoms with E-state index >= 15 is 0 Å². The lowest BCUT2D eigenvalue weighted by Crippen LogP contribution is -2.22. The van der Waals surface area contributed by atoms with E-state index in [1.807, 2.05) is 36.9 Å². The van der Waals surface area contributed by atoms with Crippen LogP contribution >= 0.6 is 23.2 Å². The van der Waals surface area contributed by atoms with Crippen molar-refractivity contribution in [3.8, 4) is 0 Å². The highest BCUT2D eigenvalue weighted by atomic mass is 35.5. The molecule has 1 aromatic heterocycles. The molecule has 0 aliphatic rings. The van der Waals surface area contributed by atoms with Crippen molar-refractivity contribution in [3.05, 3.63) is 51.3 Å². The molecule has 2 rings (SSSR count). The summed E-state index contributed by atoms with van der Waals surface area (Å²) in [6.45, 7) is 4.89. The molecule has 0 aliphatic carbocycles. The lowest BCUT2D eigenvalue weighted by Gasteiger charge is -2.21. The Labute approximate surface area is 123 Å². The summed E-state index contributed by atoms with van der Waals surface area (Å²) in [5.74, 6) is 0. The number of hydrogen-bond acceptors (Lipinski definition) is 2. The van der Waals surface area contributed by atoms with E-state index in [1.165, 1.54) is 5.56 Å². The SMILES string of the molecule is CCn1ncc(Cl)c1C(NC)c1cc(Cl)ccc1C. The topological polar surface area (TPSA) is 29.9 Å². The van der Waals surface area contributed by atoms with Gasteiger partial charge in [0.15, 0.2) is 0 Å². The van der Waals surface area contributed by atoms with Crippen LogP contribution < -0.4 is 5.32 Å². The van der Waals surface area contributed by atoms with E-state index in [0.717, 1.165) is 22.8 Å². The molecule has 1 atom stereocenters. The number of hydrogen-bond donors (Lipinski definition) is 1. The van der Waals surface area contributed by atoms with Gasteiger partial charge >= 0.3 is 0 Å². The summed E-state index contributed by atoms with van der Waals surface area (Å²) in [4.78, 5) is 0. The van der Waals surface area contributed by atoms with Crippen LogP contribution in [0.2, 0.25) is 10.0 Å². The highest BCUT2D eigenvalue weighted by molar-refractivity contribution is 6.31. The van der Waals surface area contributed by atoms with Crippen LogP contribution in [0.15, 0.2) is 24.4 Å². The summed E-state index contributed by atoms with van der Waals surface area (Å²) >= 11 is 12.4. The summed E-state index contributed by atoms with van der Waals surface area (Å²) in [5.41, 5.74) is 3.26. The molecule has 1 heterocycles. The van der Waals surface area contributed by atoms with Gasteiger partial charge in [-0.15, -0.1) is 0 Å². The first-order valence-electron chi connectivity index (χ1n) is 6.23. The molecule has 1 unspecified atom stereocenters. The van der Waals surface area contributed by atoms with Gasteiger partial charge in [-0.25, -0.2) is 0 Å². The van der Waals surface area contributed by atoms with Gasteiger partial charge in [0.05, 0.1) is 23.0 Å². The van der Waals surface area contributed by atoms with Crippen LogP contribution in [-0.4, -0.2) is 16.8 Å². The first kappa shape index (κ1) is 14.4. The second kappa shape index (κ2) is 5.95. The summed E-state index contributed by atoms with van der Waals surface area (Å²) in [7, 11) is 1.91. The molecule has 3 nitrogen and oxygen atoms in total. The molecular formula is C14H17Cl2N3. The monoisotopic (exact) mass is 297 g/mol. The quantitative estimate of drug-likeness (QED) is 0.929. The van der Waals surface area contributed by atoms with Crippen LogP contribution in [-0.2, 0) is 6.54 Å².